The maximum atomic E-state index is 8.44. The Bertz CT molecular complexity index is 580. The van der Waals surface area contributed by atoms with Gasteiger partial charge in [-0.3, -0.25) is 0 Å². The molecule has 2 heteroatoms. The van der Waals surface area contributed by atoms with Gasteiger partial charge < -0.3 is 10.6 Å². The molecule has 0 amide bonds. The fourth-order valence-electron chi connectivity index (χ4n) is 5.29. The van der Waals surface area contributed by atoms with Gasteiger partial charge in [-0.05, 0) is 89.4 Å². The first kappa shape index (κ1) is 13.6. The molecular formula is C22H38N2. The van der Waals surface area contributed by atoms with E-state index >= 15 is 0 Å². The van der Waals surface area contributed by atoms with Gasteiger partial charge in [0.05, 0.1) is 0 Å². The minimum atomic E-state index is -2.11. The summed E-state index contributed by atoms with van der Waals surface area (Å²) >= 11 is 0. The topological polar surface area (TPSA) is 24.1 Å². The number of hydrogen-bond acceptors (Lipinski definition) is 2. The molecule has 0 aromatic rings. The van der Waals surface area contributed by atoms with E-state index in [0.29, 0.717) is 18.4 Å². The summed E-state index contributed by atoms with van der Waals surface area (Å²) in [5.74, 6) is 2.72. The predicted octanol–water partition coefficient (Wildman–Crippen LogP) is 4.68. The van der Waals surface area contributed by atoms with Crippen molar-refractivity contribution in [3.05, 3.63) is 23.3 Å². The van der Waals surface area contributed by atoms with Crippen LogP contribution in [0.5, 0.6) is 0 Å². The zero-order chi connectivity index (χ0) is 20.5. The summed E-state index contributed by atoms with van der Waals surface area (Å²) in [6, 6.07) is 0.126. The van der Waals surface area contributed by atoms with E-state index < -0.39 is 13.0 Å². The molecule has 0 radical (unpaired) electrons. The van der Waals surface area contributed by atoms with Crippen LogP contribution in [-0.4, -0.2) is 25.6 Å². The fourth-order valence-corrected chi connectivity index (χ4v) is 5.29. The van der Waals surface area contributed by atoms with E-state index in [1.807, 2.05) is 6.08 Å². The van der Waals surface area contributed by atoms with Gasteiger partial charge in [0, 0.05) is 31.1 Å². The molecule has 4 aliphatic carbocycles. The molecule has 0 aromatic carbocycles. The molecular weight excluding hydrogens is 292 g/mol. The van der Waals surface area contributed by atoms with E-state index in [1.54, 1.807) is 0 Å². The minimum absolute atomic E-state index is 0.126. The molecule has 2 nitrogen and oxygen atoms in total. The third-order valence-corrected chi connectivity index (χ3v) is 6.26. The van der Waals surface area contributed by atoms with Crippen LogP contribution in [0.2, 0.25) is 0 Å². The molecule has 0 saturated heterocycles. The molecule has 0 aliphatic heterocycles. The molecule has 0 unspecified atom stereocenters. The van der Waals surface area contributed by atoms with E-state index in [1.165, 1.54) is 43.3 Å². The van der Waals surface area contributed by atoms with Crippen LogP contribution in [0.3, 0.4) is 0 Å². The van der Waals surface area contributed by atoms with Crippen molar-refractivity contribution in [3.63, 3.8) is 0 Å². The number of rotatable bonds is 9. The molecule has 0 aromatic heterocycles. The van der Waals surface area contributed by atoms with Crippen LogP contribution < -0.4 is 10.6 Å². The van der Waals surface area contributed by atoms with E-state index in [2.05, 4.69) is 37.5 Å². The molecule has 0 spiro atoms. The van der Waals surface area contributed by atoms with Crippen LogP contribution in [-0.2, 0) is 0 Å². The van der Waals surface area contributed by atoms with Gasteiger partial charge in [0.1, 0.15) is 0 Å². The predicted molar refractivity (Wildman–Crippen MR) is 104 cm³/mol. The Morgan fingerprint density at radius 3 is 2.25 bits per heavy atom. The third kappa shape index (κ3) is 4.95. The highest BCUT2D eigenvalue weighted by atomic mass is 15.0. The van der Waals surface area contributed by atoms with Crippen molar-refractivity contribution in [1.82, 2.24) is 10.6 Å². The van der Waals surface area contributed by atoms with Crippen LogP contribution >= 0.6 is 0 Å². The zero-order valence-electron chi connectivity index (χ0n) is 19.7. The third-order valence-electron chi connectivity index (χ3n) is 6.26. The van der Waals surface area contributed by atoms with Gasteiger partial charge in [0.2, 0.25) is 0 Å². The molecule has 4 saturated carbocycles. The lowest BCUT2D eigenvalue weighted by molar-refractivity contribution is -0.0133. The highest BCUT2D eigenvalue weighted by Crippen LogP contribution is 2.53. The smallest absolute Gasteiger partial charge is 0.0441 e. The lowest BCUT2D eigenvalue weighted by Crippen LogP contribution is -2.55. The second kappa shape index (κ2) is 8.67. The summed E-state index contributed by atoms with van der Waals surface area (Å²) in [6.07, 6.45) is 12.3. The molecule has 4 fully saturated rings. The molecule has 0 heterocycles. The van der Waals surface area contributed by atoms with Crippen molar-refractivity contribution in [2.75, 3.05) is 19.5 Å². The van der Waals surface area contributed by atoms with E-state index in [9.17, 15) is 0 Å². The molecule has 24 heavy (non-hydrogen) atoms. The summed E-state index contributed by atoms with van der Waals surface area (Å²) in [5.41, 5.74) is 2.52. The minimum Gasteiger partial charge on any atom is -0.312 e. The van der Waals surface area contributed by atoms with Crippen molar-refractivity contribution in [2.45, 2.75) is 71.8 Å². The maximum Gasteiger partial charge on any atom is 0.0441 e. The van der Waals surface area contributed by atoms with Gasteiger partial charge in [-0.25, -0.2) is 0 Å². The summed E-state index contributed by atoms with van der Waals surface area (Å²) in [5, 5.41) is 5.94. The molecule has 4 bridgehead atoms. The summed E-state index contributed by atoms with van der Waals surface area (Å²) in [7, 11) is 0. The van der Waals surface area contributed by atoms with Crippen molar-refractivity contribution in [2.24, 2.45) is 23.7 Å². The highest BCUT2D eigenvalue weighted by molar-refractivity contribution is 5.03. The lowest BCUT2D eigenvalue weighted by Gasteiger charge is -2.54. The van der Waals surface area contributed by atoms with Gasteiger partial charge >= 0.3 is 0 Å². The van der Waals surface area contributed by atoms with Crippen molar-refractivity contribution in [3.8, 4) is 0 Å². The summed E-state index contributed by atoms with van der Waals surface area (Å²) in [6.45, 7) is 2.38. The number of hydrogen-bond donors (Lipinski definition) is 2. The highest BCUT2D eigenvalue weighted by Gasteiger charge is 2.47. The quantitative estimate of drug-likeness (QED) is 0.598. The fraction of sp³-hybridized carbons (Fsp3) is 0.818. The largest absolute Gasteiger partial charge is 0.312 e. The van der Waals surface area contributed by atoms with Crippen LogP contribution in [0.15, 0.2) is 23.3 Å². The first-order chi connectivity index (χ1) is 13.1. The Hall–Kier alpha value is -0.600. The van der Waals surface area contributed by atoms with E-state index in [-0.39, 0.29) is 6.04 Å². The first-order valence-corrected chi connectivity index (χ1v) is 9.89. The SMILES string of the molecule is [2H]C([2H])(NC/C=C(\C)CCC=C(C)C)C([2H])([2H])NC1C2CC3CC(C2)CC1C3. The van der Waals surface area contributed by atoms with Gasteiger partial charge in [-0.2, -0.15) is 0 Å². The average molecular weight is 335 g/mol. The maximum absolute atomic E-state index is 8.44. The molecule has 136 valence electrons. The van der Waals surface area contributed by atoms with Gasteiger partial charge in [-0.15, -0.1) is 0 Å². The molecule has 0 atom stereocenters. The van der Waals surface area contributed by atoms with Crippen molar-refractivity contribution < 1.29 is 5.48 Å². The Balaban J connectivity index is 1.52. The number of allylic oxidation sites excluding steroid dienone is 3. The normalized spacial score (nSPS) is 38.3. The van der Waals surface area contributed by atoms with Crippen LogP contribution in [0.4, 0.5) is 0 Å². The average Bonchev–Trinajstić information content (AvgIpc) is 2.56. The Morgan fingerprint density at radius 2 is 1.62 bits per heavy atom. The Morgan fingerprint density at radius 1 is 0.958 bits per heavy atom. The second-order valence-corrected chi connectivity index (χ2v) is 8.60. The van der Waals surface area contributed by atoms with Gasteiger partial charge in [0.15, 0.2) is 0 Å². The van der Waals surface area contributed by atoms with Crippen LogP contribution in [0, 0.1) is 23.7 Å². The van der Waals surface area contributed by atoms with Crippen molar-refractivity contribution >= 4 is 0 Å². The Labute approximate surface area is 155 Å². The van der Waals surface area contributed by atoms with Gasteiger partial charge in [-0.1, -0.05) is 23.3 Å². The molecule has 4 aliphatic rings. The summed E-state index contributed by atoms with van der Waals surface area (Å²) in [4.78, 5) is 0. The van der Waals surface area contributed by atoms with Crippen LogP contribution in [0.25, 0.3) is 0 Å². The standard InChI is InChI=1S/C22H38N2/c1-16(2)5-4-6-17(3)7-8-23-9-10-24-22-20-12-18-11-19(14-20)15-21(22)13-18/h5,7,18-24H,4,6,8-15H2,1-3H3/b17-7+/i9D2,10D2. The van der Waals surface area contributed by atoms with Gasteiger partial charge in [0.25, 0.3) is 0 Å². The zero-order valence-corrected chi connectivity index (χ0v) is 15.7. The van der Waals surface area contributed by atoms with E-state index in [4.69, 9.17) is 5.48 Å². The molecule has 2 N–H and O–H groups in total. The number of nitrogens with one attached hydrogen (secondary N) is 2. The van der Waals surface area contributed by atoms with Crippen molar-refractivity contribution in [1.29, 1.82) is 0 Å². The lowest BCUT2D eigenvalue weighted by atomic mass is 9.54. The second-order valence-electron chi connectivity index (χ2n) is 8.60. The monoisotopic (exact) mass is 334 g/mol. The van der Waals surface area contributed by atoms with E-state index in [0.717, 1.165) is 24.7 Å². The first-order valence-electron chi connectivity index (χ1n) is 11.9. The Kier molecular flexibility index (Phi) is 4.91. The van der Waals surface area contributed by atoms with Crippen LogP contribution in [0.1, 0.15) is 71.2 Å². The summed E-state index contributed by atoms with van der Waals surface area (Å²) < 4.78 is 33.5. The molecule has 4 rings (SSSR count).